The van der Waals surface area contributed by atoms with Gasteiger partial charge in [0, 0.05) is 6.54 Å². The van der Waals surface area contributed by atoms with Gasteiger partial charge in [-0.15, -0.1) is 0 Å². The van der Waals surface area contributed by atoms with Crippen molar-refractivity contribution in [1.29, 1.82) is 0 Å². The van der Waals surface area contributed by atoms with Crippen LogP contribution in [0.15, 0.2) is 11.6 Å². The largest absolute Gasteiger partial charge is 2.00 e. The van der Waals surface area contributed by atoms with Gasteiger partial charge >= 0.3 is 37.7 Å². The van der Waals surface area contributed by atoms with Crippen LogP contribution in [0.3, 0.4) is 0 Å². The summed E-state index contributed by atoms with van der Waals surface area (Å²) in [6, 6.07) is 0. The third kappa shape index (κ3) is 10.9. The second kappa shape index (κ2) is 6.96. The fourth-order valence-electron chi connectivity index (χ4n) is 0.236. The maximum Gasteiger partial charge on any atom is 2.00 e. The summed E-state index contributed by atoms with van der Waals surface area (Å²) in [5.41, 5.74) is 6.44. The van der Waals surface area contributed by atoms with Crippen LogP contribution in [0.25, 0.3) is 0 Å². The molecule has 0 unspecified atom stereocenters. The summed E-state index contributed by atoms with van der Waals surface area (Å²) in [6.07, 6.45) is 1.99. The molecule has 0 fully saturated rings. The zero-order valence-corrected chi connectivity index (χ0v) is 7.28. The molecule has 0 aliphatic rings. The molecule has 0 saturated heterocycles. The van der Waals surface area contributed by atoms with Gasteiger partial charge < -0.3 is 8.59 Å². The zero-order valence-electron chi connectivity index (χ0n) is 7.07. The Morgan fingerprint density at radius 2 is 2.14 bits per heavy atom. The normalized spacial score (nSPS) is 6.71. The second-order valence-electron chi connectivity index (χ2n) is 1.52. The number of nitrogens with two attached hydrogens (primary N) is 1. The van der Waals surface area contributed by atoms with Gasteiger partial charge in [-0.05, 0) is 13.8 Å². The molecule has 2 heteroatoms. The maximum absolute atomic E-state index is 5.15. The molecule has 40 valence electrons. The molecule has 0 rings (SSSR count). The quantitative estimate of drug-likeness (QED) is 0.408. The van der Waals surface area contributed by atoms with E-state index in [4.69, 9.17) is 5.73 Å². The van der Waals surface area contributed by atoms with Gasteiger partial charge in [0.15, 0.2) is 0 Å². The standard InChI is InChI=1S/C5H11N.Ca.2H/c1-5(2)3-4-6;;;/h3H,4,6H2,1-2H3;;;/q;+2;2*-1. The summed E-state index contributed by atoms with van der Waals surface area (Å²) in [5, 5.41) is 0. The van der Waals surface area contributed by atoms with Crippen molar-refractivity contribution in [2.24, 2.45) is 5.73 Å². The summed E-state index contributed by atoms with van der Waals surface area (Å²) < 4.78 is 0. The van der Waals surface area contributed by atoms with Crippen LogP contribution in [0.5, 0.6) is 0 Å². The summed E-state index contributed by atoms with van der Waals surface area (Å²) in [4.78, 5) is 0. The molecule has 0 heterocycles. The van der Waals surface area contributed by atoms with E-state index in [0.29, 0.717) is 6.54 Å². The van der Waals surface area contributed by atoms with Gasteiger partial charge in [-0.25, -0.2) is 0 Å². The second-order valence-corrected chi connectivity index (χ2v) is 1.52. The minimum Gasteiger partial charge on any atom is -1.00 e. The van der Waals surface area contributed by atoms with E-state index < -0.39 is 0 Å². The fourth-order valence-corrected chi connectivity index (χ4v) is 0.236. The maximum atomic E-state index is 5.15. The van der Waals surface area contributed by atoms with Crippen LogP contribution in [0.1, 0.15) is 16.7 Å². The Kier molecular flexibility index (Phi) is 10.8. The first-order valence-electron chi connectivity index (χ1n) is 2.11. The van der Waals surface area contributed by atoms with Gasteiger partial charge in [0.25, 0.3) is 0 Å². The van der Waals surface area contributed by atoms with Crippen LogP contribution in [0.2, 0.25) is 0 Å². The Hall–Kier alpha value is 0.960. The molecule has 0 aromatic carbocycles. The minimum absolute atomic E-state index is 0. The predicted molar refractivity (Wildman–Crippen MR) is 36.5 cm³/mol. The Balaban J connectivity index is -0.0000000417. The molecule has 7 heavy (non-hydrogen) atoms. The zero-order chi connectivity index (χ0) is 4.99. The van der Waals surface area contributed by atoms with Crippen LogP contribution >= 0.6 is 0 Å². The van der Waals surface area contributed by atoms with E-state index in [1.54, 1.807) is 0 Å². The average molecular weight is 127 g/mol. The molecule has 0 saturated carbocycles. The van der Waals surface area contributed by atoms with Crippen molar-refractivity contribution in [1.82, 2.24) is 0 Å². The molecule has 0 aromatic heterocycles. The van der Waals surface area contributed by atoms with E-state index in [1.165, 1.54) is 5.57 Å². The smallest absolute Gasteiger partial charge is 1.00 e. The molecule has 0 amide bonds. The molecule has 0 bridgehead atoms. The molecule has 0 spiro atoms. The molecule has 0 radical (unpaired) electrons. The van der Waals surface area contributed by atoms with Crippen molar-refractivity contribution >= 4 is 37.7 Å². The topological polar surface area (TPSA) is 26.0 Å². The Bertz CT molecular complexity index is 62.0. The number of allylic oxidation sites excluding steroid dienone is 1. The first-order chi connectivity index (χ1) is 2.77. The molecule has 0 aliphatic carbocycles. The monoisotopic (exact) mass is 127 g/mol. The van der Waals surface area contributed by atoms with Crippen molar-refractivity contribution in [2.45, 2.75) is 13.8 Å². The average Bonchev–Trinajstić information content (AvgIpc) is 1.35. The first-order valence-corrected chi connectivity index (χ1v) is 2.11. The number of hydrogen-bond donors (Lipinski definition) is 1. The first kappa shape index (κ1) is 10.9. The summed E-state index contributed by atoms with van der Waals surface area (Å²) in [6.45, 7) is 4.74. The Morgan fingerprint density at radius 1 is 1.71 bits per heavy atom. The van der Waals surface area contributed by atoms with Gasteiger partial charge in [0.1, 0.15) is 0 Å². The molecule has 1 nitrogen and oxygen atoms in total. The van der Waals surface area contributed by atoms with Crippen molar-refractivity contribution in [3.8, 4) is 0 Å². The van der Waals surface area contributed by atoms with Crippen LogP contribution in [0.4, 0.5) is 0 Å². The Morgan fingerprint density at radius 3 is 2.14 bits per heavy atom. The SMILES string of the molecule is CC(C)=CCN.[Ca+2].[H-].[H-]. The third-order valence-electron chi connectivity index (χ3n) is 0.526. The van der Waals surface area contributed by atoms with Crippen molar-refractivity contribution < 1.29 is 2.85 Å². The molecule has 2 N–H and O–H groups in total. The van der Waals surface area contributed by atoms with Crippen LogP contribution in [-0.2, 0) is 0 Å². The summed E-state index contributed by atoms with van der Waals surface area (Å²) in [7, 11) is 0. The molecular formula is C5H13CaN. The van der Waals surface area contributed by atoms with Gasteiger partial charge in [-0.2, -0.15) is 0 Å². The van der Waals surface area contributed by atoms with Gasteiger partial charge in [0.05, 0.1) is 0 Å². The molecular weight excluding hydrogens is 114 g/mol. The van der Waals surface area contributed by atoms with Crippen molar-refractivity contribution in [3.63, 3.8) is 0 Å². The number of hydrogen-bond acceptors (Lipinski definition) is 1. The van der Waals surface area contributed by atoms with E-state index in [2.05, 4.69) is 0 Å². The van der Waals surface area contributed by atoms with Crippen molar-refractivity contribution in [2.75, 3.05) is 6.54 Å². The van der Waals surface area contributed by atoms with Crippen molar-refractivity contribution in [3.05, 3.63) is 11.6 Å². The summed E-state index contributed by atoms with van der Waals surface area (Å²) in [5.74, 6) is 0. The minimum atomic E-state index is 0. The molecule has 0 aliphatic heterocycles. The third-order valence-corrected chi connectivity index (χ3v) is 0.526. The molecule has 0 aromatic rings. The van der Waals surface area contributed by atoms with Gasteiger partial charge in [-0.1, -0.05) is 11.6 Å². The van der Waals surface area contributed by atoms with Crippen LogP contribution in [-0.4, -0.2) is 44.3 Å². The van der Waals surface area contributed by atoms with Gasteiger partial charge in [0.2, 0.25) is 0 Å². The van der Waals surface area contributed by atoms with Crippen LogP contribution < -0.4 is 5.73 Å². The van der Waals surface area contributed by atoms with Crippen LogP contribution in [0, 0.1) is 0 Å². The number of rotatable bonds is 1. The van der Waals surface area contributed by atoms with E-state index in [1.807, 2.05) is 19.9 Å². The van der Waals surface area contributed by atoms with E-state index in [0.717, 1.165) is 0 Å². The van der Waals surface area contributed by atoms with E-state index in [-0.39, 0.29) is 40.6 Å². The van der Waals surface area contributed by atoms with E-state index >= 15 is 0 Å². The fraction of sp³-hybridized carbons (Fsp3) is 0.600. The Labute approximate surface area is 77.9 Å². The van der Waals surface area contributed by atoms with Gasteiger partial charge in [-0.3, -0.25) is 0 Å². The predicted octanol–water partition coefficient (Wildman–Crippen LogP) is 0.756. The molecule has 0 atom stereocenters. The summed E-state index contributed by atoms with van der Waals surface area (Å²) >= 11 is 0. The van der Waals surface area contributed by atoms with E-state index in [9.17, 15) is 0 Å².